The molecule has 1 heterocycles. The minimum absolute atomic E-state index is 0.226. The third kappa shape index (κ3) is 3.03. The number of pyridine rings is 1. The molecule has 0 aliphatic carbocycles. The molecule has 0 aliphatic heterocycles. The van der Waals surface area contributed by atoms with E-state index in [9.17, 15) is 9.18 Å². The van der Waals surface area contributed by atoms with Crippen molar-refractivity contribution >= 4 is 23.4 Å². The third-order valence-corrected chi connectivity index (χ3v) is 3.38. The van der Waals surface area contributed by atoms with Gasteiger partial charge < -0.3 is 10.5 Å². The molecule has 19 heavy (non-hydrogen) atoms. The van der Waals surface area contributed by atoms with Crippen LogP contribution in [-0.2, 0) is 4.74 Å². The molecule has 98 valence electrons. The van der Waals surface area contributed by atoms with Gasteiger partial charge in [0, 0.05) is 11.1 Å². The Morgan fingerprint density at radius 2 is 2.21 bits per heavy atom. The second-order valence-electron chi connectivity index (χ2n) is 3.63. The molecule has 2 aromatic rings. The standard InChI is InChI=1S/C13H11FN2O2S/c1-18-13(17)10-5-6-16-12(11(10)15)19-9-4-2-3-8(14)7-9/h2-7H,15H2,1H3. The number of anilines is 1. The number of aromatic nitrogens is 1. The Hall–Kier alpha value is -2.08. The molecule has 0 saturated carbocycles. The lowest BCUT2D eigenvalue weighted by Gasteiger charge is -2.08. The number of ether oxygens (including phenoxy) is 1. The summed E-state index contributed by atoms with van der Waals surface area (Å²) in [5.74, 6) is -0.867. The van der Waals surface area contributed by atoms with Crippen LogP contribution >= 0.6 is 11.8 Å². The van der Waals surface area contributed by atoms with Crippen molar-refractivity contribution in [2.45, 2.75) is 9.92 Å². The lowest BCUT2D eigenvalue weighted by atomic mass is 10.2. The van der Waals surface area contributed by atoms with E-state index in [4.69, 9.17) is 5.73 Å². The molecule has 0 atom stereocenters. The number of benzene rings is 1. The van der Waals surface area contributed by atoms with Crippen LogP contribution in [0.5, 0.6) is 0 Å². The van der Waals surface area contributed by atoms with Crippen molar-refractivity contribution in [2.24, 2.45) is 0 Å². The fraction of sp³-hybridized carbons (Fsp3) is 0.0769. The molecule has 0 saturated heterocycles. The van der Waals surface area contributed by atoms with Gasteiger partial charge in [-0.3, -0.25) is 0 Å². The molecule has 0 radical (unpaired) electrons. The number of carbonyl (C=O) groups is 1. The van der Waals surface area contributed by atoms with Gasteiger partial charge in [-0.05, 0) is 24.3 Å². The number of hydrogen-bond acceptors (Lipinski definition) is 5. The van der Waals surface area contributed by atoms with E-state index in [-0.39, 0.29) is 17.1 Å². The summed E-state index contributed by atoms with van der Waals surface area (Å²) in [6.45, 7) is 0. The van der Waals surface area contributed by atoms with Crippen LogP contribution in [0.3, 0.4) is 0 Å². The summed E-state index contributed by atoms with van der Waals surface area (Å²) < 4.78 is 17.7. The van der Waals surface area contributed by atoms with Gasteiger partial charge in [-0.2, -0.15) is 0 Å². The Morgan fingerprint density at radius 3 is 2.89 bits per heavy atom. The first-order valence-corrected chi connectivity index (χ1v) is 6.19. The Kier molecular flexibility index (Phi) is 4.01. The molecule has 0 spiro atoms. The van der Waals surface area contributed by atoms with Gasteiger partial charge in [0.15, 0.2) is 0 Å². The smallest absolute Gasteiger partial charge is 0.340 e. The number of nitrogen functional groups attached to an aromatic ring is 1. The van der Waals surface area contributed by atoms with Gasteiger partial charge in [0.25, 0.3) is 0 Å². The average molecular weight is 278 g/mol. The maximum Gasteiger partial charge on any atom is 0.340 e. The van der Waals surface area contributed by atoms with Crippen LogP contribution < -0.4 is 5.73 Å². The number of rotatable bonds is 3. The topological polar surface area (TPSA) is 65.2 Å². The summed E-state index contributed by atoms with van der Waals surface area (Å²) in [6.07, 6.45) is 1.46. The summed E-state index contributed by atoms with van der Waals surface area (Å²) in [5.41, 5.74) is 6.34. The summed E-state index contributed by atoms with van der Waals surface area (Å²) in [7, 11) is 1.28. The van der Waals surface area contributed by atoms with Gasteiger partial charge in [0.2, 0.25) is 0 Å². The number of nitrogens with two attached hydrogens (primary N) is 1. The monoisotopic (exact) mass is 278 g/mol. The Labute approximate surface area is 113 Å². The molecule has 0 fully saturated rings. The van der Waals surface area contributed by atoms with E-state index in [0.717, 1.165) is 0 Å². The lowest BCUT2D eigenvalue weighted by Crippen LogP contribution is -2.07. The quantitative estimate of drug-likeness (QED) is 0.874. The van der Waals surface area contributed by atoms with Crippen LogP contribution in [0.2, 0.25) is 0 Å². The fourth-order valence-corrected chi connectivity index (χ4v) is 2.34. The third-order valence-electron chi connectivity index (χ3n) is 2.37. The number of nitrogens with zero attached hydrogens (tertiary/aromatic N) is 1. The zero-order valence-corrected chi connectivity index (χ0v) is 10.9. The van der Waals surface area contributed by atoms with Crippen LogP contribution in [0.25, 0.3) is 0 Å². The van der Waals surface area contributed by atoms with Gasteiger partial charge in [0.05, 0.1) is 18.4 Å². The van der Waals surface area contributed by atoms with Crippen LogP contribution in [-0.4, -0.2) is 18.1 Å². The highest BCUT2D eigenvalue weighted by molar-refractivity contribution is 7.99. The molecule has 2 rings (SSSR count). The first-order chi connectivity index (χ1) is 9.11. The molecule has 4 nitrogen and oxygen atoms in total. The molecular weight excluding hydrogens is 267 g/mol. The summed E-state index contributed by atoms with van der Waals surface area (Å²) >= 11 is 1.19. The number of hydrogen-bond donors (Lipinski definition) is 1. The molecule has 0 amide bonds. The van der Waals surface area contributed by atoms with Crippen molar-refractivity contribution in [2.75, 3.05) is 12.8 Å². The Balaban J connectivity index is 2.33. The SMILES string of the molecule is COC(=O)c1ccnc(Sc2cccc(F)c2)c1N. The molecule has 6 heteroatoms. The second-order valence-corrected chi connectivity index (χ2v) is 4.69. The van der Waals surface area contributed by atoms with E-state index in [2.05, 4.69) is 9.72 Å². The Bertz CT molecular complexity index is 619. The van der Waals surface area contributed by atoms with Crippen molar-refractivity contribution in [3.8, 4) is 0 Å². The molecular formula is C13H11FN2O2S. The highest BCUT2D eigenvalue weighted by Crippen LogP contribution is 2.32. The minimum Gasteiger partial charge on any atom is -0.465 e. The molecule has 0 aliphatic rings. The molecule has 1 aromatic carbocycles. The van der Waals surface area contributed by atoms with Gasteiger partial charge in [0.1, 0.15) is 10.8 Å². The number of methoxy groups -OCH3 is 1. The van der Waals surface area contributed by atoms with Gasteiger partial charge in [-0.25, -0.2) is 14.2 Å². The summed E-state index contributed by atoms with van der Waals surface area (Å²) in [4.78, 5) is 16.2. The van der Waals surface area contributed by atoms with Crippen molar-refractivity contribution in [1.82, 2.24) is 4.98 Å². The highest BCUT2D eigenvalue weighted by atomic mass is 32.2. The van der Waals surface area contributed by atoms with E-state index in [1.807, 2.05) is 0 Å². The molecule has 2 N–H and O–H groups in total. The first kappa shape index (κ1) is 13.4. The van der Waals surface area contributed by atoms with E-state index in [1.54, 1.807) is 12.1 Å². The molecule has 0 unspecified atom stereocenters. The van der Waals surface area contributed by atoms with E-state index < -0.39 is 5.97 Å². The maximum atomic E-state index is 13.1. The van der Waals surface area contributed by atoms with Crippen LogP contribution in [0.15, 0.2) is 46.5 Å². The highest BCUT2D eigenvalue weighted by Gasteiger charge is 2.14. The van der Waals surface area contributed by atoms with E-state index in [0.29, 0.717) is 9.92 Å². The molecule has 1 aromatic heterocycles. The van der Waals surface area contributed by atoms with Crippen molar-refractivity contribution in [1.29, 1.82) is 0 Å². The van der Waals surface area contributed by atoms with Crippen molar-refractivity contribution in [3.05, 3.63) is 47.9 Å². The maximum absolute atomic E-state index is 13.1. The fourth-order valence-electron chi connectivity index (χ4n) is 1.47. The lowest BCUT2D eigenvalue weighted by molar-refractivity contribution is 0.0601. The van der Waals surface area contributed by atoms with Crippen molar-refractivity contribution < 1.29 is 13.9 Å². The van der Waals surface area contributed by atoms with Crippen LogP contribution in [0.1, 0.15) is 10.4 Å². The van der Waals surface area contributed by atoms with Gasteiger partial charge >= 0.3 is 5.97 Å². The Morgan fingerprint density at radius 1 is 1.42 bits per heavy atom. The van der Waals surface area contributed by atoms with Crippen molar-refractivity contribution in [3.63, 3.8) is 0 Å². The van der Waals surface area contributed by atoms with Gasteiger partial charge in [-0.15, -0.1) is 0 Å². The first-order valence-electron chi connectivity index (χ1n) is 5.38. The van der Waals surface area contributed by atoms with Crippen LogP contribution in [0, 0.1) is 5.82 Å². The number of esters is 1. The van der Waals surface area contributed by atoms with E-state index in [1.165, 1.54) is 43.3 Å². The number of halogens is 1. The predicted octanol–water partition coefficient (Wildman–Crippen LogP) is 2.74. The number of carbonyl (C=O) groups excluding carboxylic acids is 1. The van der Waals surface area contributed by atoms with Gasteiger partial charge in [-0.1, -0.05) is 17.8 Å². The molecule has 0 bridgehead atoms. The zero-order valence-electron chi connectivity index (χ0n) is 10.1. The summed E-state index contributed by atoms with van der Waals surface area (Å²) in [5, 5.41) is 0.438. The second kappa shape index (κ2) is 5.71. The minimum atomic E-state index is -0.527. The predicted molar refractivity (Wildman–Crippen MR) is 70.5 cm³/mol. The zero-order chi connectivity index (χ0) is 13.8. The van der Waals surface area contributed by atoms with E-state index >= 15 is 0 Å². The van der Waals surface area contributed by atoms with Crippen LogP contribution in [0.4, 0.5) is 10.1 Å². The normalized spacial score (nSPS) is 10.2. The summed E-state index contributed by atoms with van der Waals surface area (Å²) in [6, 6.07) is 7.54. The average Bonchev–Trinajstić information content (AvgIpc) is 2.40. The largest absolute Gasteiger partial charge is 0.465 e.